The molecule has 0 saturated carbocycles. The fourth-order valence-corrected chi connectivity index (χ4v) is 5.22. The lowest BCUT2D eigenvalue weighted by Crippen LogP contribution is -2.41. The van der Waals surface area contributed by atoms with Crippen LogP contribution in [0.5, 0.6) is 0 Å². The molecule has 2 amide bonds. The van der Waals surface area contributed by atoms with Crippen LogP contribution in [0.3, 0.4) is 0 Å². The molecule has 6 nitrogen and oxygen atoms in total. The molecule has 0 aliphatic carbocycles. The molecule has 0 spiro atoms. The van der Waals surface area contributed by atoms with E-state index in [1.165, 1.54) is 0 Å². The quantitative estimate of drug-likeness (QED) is 0.523. The van der Waals surface area contributed by atoms with Crippen LogP contribution in [0.2, 0.25) is 0 Å². The van der Waals surface area contributed by atoms with Gasteiger partial charge in [0.2, 0.25) is 5.91 Å². The van der Waals surface area contributed by atoms with Crippen LogP contribution in [0.4, 0.5) is 8.78 Å². The van der Waals surface area contributed by atoms with Crippen molar-refractivity contribution in [3.63, 3.8) is 0 Å². The van der Waals surface area contributed by atoms with E-state index in [4.69, 9.17) is 0 Å². The summed E-state index contributed by atoms with van der Waals surface area (Å²) in [5.41, 5.74) is 3.96. The largest absolute Gasteiger partial charge is 0.387 e. The minimum absolute atomic E-state index is 0.0262. The number of amides is 2. The van der Waals surface area contributed by atoms with Gasteiger partial charge >= 0.3 is 0 Å². The number of unbranched alkanes of at least 4 members (excludes halogenated alkanes) is 1. The Morgan fingerprint density at radius 3 is 2.78 bits per heavy atom. The summed E-state index contributed by atoms with van der Waals surface area (Å²) in [6.45, 7) is 7.44. The predicted octanol–water partition coefficient (Wildman–Crippen LogP) is 5.02. The number of hydrogen-bond donors (Lipinski definition) is 2. The molecule has 2 N–H and O–H groups in total. The lowest BCUT2D eigenvalue weighted by molar-refractivity contribution is -0.134. The molecular weight excluding hydrogens is 474 g/mol. The van der Waals surface area contributed by atoms with Crippen molar-refractivity contribution in [3.8, 4) is 0 Å². The minimum atomic E-state index is -0.704. The smallest absolute Gasteiger partial charge is 0.251 e. The topological polar surface area (TPSA) is 74.3 Å². The maximum absolute atomic E-state index is 14.3. The summed E-state index contributed by atoms with van der Waals surface area (Å²) in [7, 11) is 0. The standard InChI is InChI=1S/C29H36F2N4O2/c1-4-5-9-26-24(19-7-6-8-20(12-19)28(36)34-18(2)3)13-22(15-32-26)29(37)35-11-10-21(17-35)27-25(31)14-23(30)16-33-27/h6-8,12,14,16,18,21-22,32H,4-5,9-11,13,15,17H2,1-3H3,(H,34,36). The Kier molecular flexibility index (Phi) is 8.56. The van der Waals surface area contributed by atoms with Gasteiger partial charge < -0.3 is 15.5 Å². The van der Waals surface area contributed by atoms with Crippen molar-refractivity contribution in [1.29, 1.82) is 0 Å². The second-order valence-corrected chi connectivity index (χ2v) is 10.3. The zero-order valence-corrected chi connectivity index (χ0v) is 21.8. The summed E-state index contributed by atoms with van der Waals surface area (Å²) in [4.78, 5) is 31.9. The molecule has 1 aromatic carbocycles. The Balaban J connectivity index is 1.52. The van der Waals surface area contributed by atoms with Crippen LogP contribution in [-0.4, -0.2) is 47.4 Å². The van der Waals surface area contributed by atoms with Gasteiger partial charge in [0.15, 0.2) is 0 Å². The number of nitrogens with zero attached hydrogens (tertiary/aromatic N) is 2. The molecule has 0 radical (unpaired) electrons. The maximum atomic E-state index is 14.3. The lowest BCUT2D eigenvalue weighted by atomic mass is 9.86. The fraction of sp³-hybridized carbons (Fsp3) is 0.483. The Morgan fingerprint density at radius 1 is 1.24 bits per heavy atom. The van der Waals surface area contributed by atoms with Crippen molar-refractivity contribution in [3.05, 3.63) is 70.7 Å². The van der Waals surface area contributed by atoms with E-state index in [1.54, 1.807) is 11.0 Å². The Labute approximate surface area is 217 Å². The molecule has 2 aromatic rings. The molecule has 1 fully saturated rings. The average Bonchev–Trinajstić information content (AvgIpc) is 3.36. The maximum Gasteiger partial charge on any atom is 0.251 e. The highest BCUT2D eigenvalue weighted by Gasteiger charge is 2.35. The fourth-order valence-electron chi connectivity index (χ4n) is 5.22. The average molecular weight is 511 g/mol. The van der Waals surface area contributed by atoms with Gasteiger partial charge in [-0.05, 0) is 62.8 Å². The summed E-state index contributed by atoms with van der Waals surface area (Å²) >= 11 is 0. The number of nitrogens with one attached hydrogen (secondary N) is 2. The van der Waals surface area contributed by atoms with Crippen LogP contribution in [0.25, 0.3) is 5.57 Å². The first-order chi connectivity index (χ1) is 17.8. The van der Waals surface area contributed by atoms with E-state index in [0.717, 1.165) is 48.4 Å². The third-order valence-corrected chi connectivity index (χ3v) is 7.12. The number of likely N-dealkylation sites (tertiary alicyclic amines) is 1. The van der Waals surface area contributed by atoms with Gasteiger partial charge in [0.1, 0.15) is 11.6 Å². The van der Waals surface area contributed by atoms with Gasteiger partial charge in [-0.15, -0.1) is 0 Å². The summed E-state index contributed by atoms with van der Waals surface area (Å²) in [5.74, 6) is -1.96. The number of rotatable bonds is 8. The number of carbonyl (C=O) groups is 2. The normalized spacial score (nSPS) is 19.8. The second-order valence-electron chi connectivity index (χ2n) is 10.3. The molecule has 4 rings (SSSR count). The summed E-state index contributed by atoms with van der Waals surface area (Å²) in [5, 5.41) is 6.45. The SMILES string of the molecule is CCCCC1=C(c2cccc(C(=O)NC(C)C)c2)CC(C(=O)N2CCC(c3ncc(F)cc3F)C2)CN1. The molecule has 37 heavy (non-hydrogen) atoms. The van der Waals surface area contributed by atoms with Crippen LogP contribution in [0, 0.1) is 17.6 Å². The highest BCUT2D eigenvalue weighted by Crippen LogP contribution is 2.34. The van der Waals surface area contributed by atoms with E-state index in [-0.39, 0.29) is 35.4 Å². The third kappa shape index (κ3) is 6.35. The summed E-state index contributed by atoms with van der Waals surface area (Å²) in [6.07, 6.45) is 5.17. The molecule has 2 unspecified atom stereocenters. The van der Waals surface area contributed by atoms with Crippen molar-refractivity contribution in [2.24, 2.45) is 5.92 Å². The number of hydrogen-bond acceptors (Lipinski definition) is 4. The van der Waals surface area contributed by atoms with E-state index in [9.17, 15) is 18.4 Å². The number of benzene rings is 1. The predicted molar refractivity (Wildman–Crippen MR) is 140 cm³/mol. The monoisotopic (exact) mass is 510 g/mol. The molecule has 2 atom stereocenters. The van der Waals surface area contributed by atoms with E-state index in [2.05, 4.69) is 22.5 Å². The van der Waals surface area contributed by atoms with Crippen LogP contribution >= 0.6 is 0 Å². The summed E-state index contributed by atoms with van der Waals surface area (Å²) < 4.78 is 27.6. The van der Waals surface area contributed by atoms with Crippen molar-refractivity contribution in [2.75, 3.05) is 19.6 Å². The molecule has 3 heterocycles. The Morgan fingerprint density at radius 2 is 2.05 bits per heavy atom. The Hall–Kier alpha value is -3.29. The molecule has 198 valence electrons. The number of allylic oxidation sites excluding steroid dienone is 2. The van der Waals surface area contributed by atoms with Gasteiger partial charge in [-0.2, -0.15) is 0 Å². The van der Waals surface area contributed by atoms with Crippen LogP contribution in [0.1, 0.15) is 80.4 Å². The van der Waals surface area contributed by atoms with E-state index >= 15 is 0 Å². The van der Waals surface area contributed by atoms with Crippen molar-refractivity contribution in [1.82, 2.24) is 20.5 Å². The van der Waals surface area contributed by atoms with Crippen LogP contribution in [-0.2, 0) is 4.79 Å². The van der Waals surface area contributed by atoms with Gasteiger partial charge in [-0.3, -0.25) is 14.6 Å². The van der Waals surface area contributed by atoms with Crippen LogP contribution in [0.15, 0.2) is 42.2 Å². The first-order valence-corrected chi connectivity index (χ1v) is 13.2. The molecular formula is C29H36F2N4O2. The first kappa shape index (κ1) is 26.8. The van der Waals surface area contributed by atoms with E-state index < -0.39 is 11.6 Å². The number of halogens is 2. The Bertz CT molecular complexity index is 1180. The van der Waals surface area contributed by atoms with Crippen molar-refractivity contribution < 1.29 is 18.4 Å². The zero-order valence-electron chi connectivity index (χ0n) is 21.8. The molecule has 1 aromatic heterocycles. The van der Waals surface area contributed by atoms with Crippen molar-refractivity contribution >= 4 is 17.4 Å². The van der Waals surface area contributed by atoms with Gasteiger partial charge in [0, 0.05) is 48.9 Å². The number of carbonyl (C=O) groups excluding carboxylic acids is 2. The van der Waals surface area contributed by atoms with Gasteiger partial charge in [-0.1, -0.05) is 25.5 Å². The third-order valence-electron chi connectivity index (χ3n) is 7.12. The van der Waals surface area contributed by atoms with Gasteiger partial charge in [-0.25, -0.2) is 8.78 Å². The van der Waals surface area contributed by atoms with Crippen LogP contribution < -0.4 is 10.6 Å². The highest BCUT2D eigenvalue weighted by atomic mass is 19.1. The van der Waals surface area contributed by atoms with E-state index in [1.807, 2.05) is 32.0 Å². The highest BCUT2D eigenvalue weighted by molar-refractivity contribution is 5.95. The van der Waals surface area contributed by atoms with Gasteiger partial charge in [0.05, 0.1) is 17.8 Å². The first-order valence-electron chi connectivity index (χ1n) is 13.2. The molecule has 2 aliphatic heterocycles. The van der Waals surface area contributed by atoms with Crippen molar-refractivity contribution in [2.45, 2.75) is 64.8 Å². The minimum Gasteiger partial charge on any atom is -0.387 e. The summed E-state index contributed by atoms with van der Waals surface area (Å²) in [6, 6.07) is 8.48. The molecule has 2 aliphatic rings. The number of aromatic nitrogens is 1. The zero-order chi connectivity index (χ0) is 26.5. The van der Waals surface area contributed by atoms with Gasteiger partial charge in [0.25, 0.3) is 5.91 Å². The second kappa shape index (κ2) is 11.8. The molecule has 0 bridgehead atoms. The number of pyridine rings is 1. The lowest BCUT2D eigenvalue weighted by Gasteiger charge is -2.31. The molecule has 1 saturated heterocycles. The van der Waals surface area contributed by atoms with E-state index in [0.29, 0.717) is 38.0 Å². The molecule has 8 heteroatoms.